The summed E-state index contributed by atoms with van der Waals surface area (Å²) < 4.78 is 5.73. The number of hydrogen-bond donors (Lipinski definition) is 1. The second kappa shape index (κ2) is 7.30. The summed E-state index contributed by atoms with van der Waals surface area (Å²) in [4.78, 5) is 0. The highest BCUT2D eigenvalue weighted by Crippen LogP contribution is 2.18. The van der Waals surface area contributed by atoms with Crippen LogP contribution in [-0.4, -0.2) is 13.2 Å². The smallest absolute Gasteiger partial charge is 0.122 e. The molecule has 0 aromatic heterocycles. The van der Waals surface area contributed by atoms with Crippen LogP contribution in [0.25, 0.3) is 0 Å². The van der Waals surface area contributed by atoms with Crippen LogP contribution in [0.1, 0.15) is 31.7 Å². The highest BCUT2D eigenvalue weighted by atomic mass is 16.5. The fourth-order valence-electron chi connectivity index (χ4n) is 1.54. The molecule has 2 heteroatoms. The van der Waals surface area contributed by atoms with Crippen LogP contribution in [0, 0.1) is 0 Å². The minimum absolute atomic E-state index is 0.783. The van der Waals surface area contributed by atoms with E-state index in [9.17, 15) is 0 Å². The summed E-state index contributed by atoms with van der Waals surface area (Å²) >= 11 is 0. The van der Waals surface area contributed by atoms with Crippen molar-refractivity contribution in [1.82, 2.24) is 0 Å². The summed E-state index contributed by atoms with van der Waals surface area (Å²) in [6.07, 6.45) is 4.37. The summed E-state index contributed by atoms with van der Waals surface area (Å²) in [6.45, 7) is 3.74. The van der Waals surface area contributed by atoms with Crippen molar-refractivity contribution in [3.05, 3.63) is 29.8 Å². The van der Waals surface area contributed by atoms with Gasteiger partial charge in [0, 0.05) is 0 Å². The average molecular weight is 207 g/mol. The first-order valence-corrected chi connectivity index (χ1v) is 5.79. The first-order chi connectivity index (χ1) is 7.38. The third-order valence-corrected chi connectivity index (χ3v) is 2.46. The van der Waals surface area contributed by atoms with E-state index >= 15 is 0 Å². The largest absolute Gasteiger partial charge is 0.493 e. The molecule has 0 radical (unpaired) electrons. The summed E-state index contributed by atoms with van der Waals surface area (Å²) in [6, 6.07) is 8.24. The molecule has 0 saturated heterocycles. The van der Waals surface area contributed by atoms with E-state index in [1.54, 1.807) is 0 Å². The molecular formula is C13H21NO. The molecule has 15 heavy (non-hydrogen) atoms. The first-order valence-electron chi connectivity index (χ1n) is 5.79. The van der Waals surface area contributed by atoms with Crippen molar-refractivity contribution in [1.29, 1.82) is 0 Å². The van der Waals surface area contributed by atoms with Gasteiger partial charge in [0.25, 0.3) is 0 Å². The molecule has 0 aliphatic heterocycles. The van der Waals surface area contributed by atoms with E-state index in [0.29, 0.717) is 0 Å². The average Bonchev–Trinajstić information content (AvgIpc) is 2.29. The molecule has 0 aliphatic carbocycles. The van der Waals surface area contributed by atoms with Crippen molar-refractivity contribution < 1.29 is 4.74 Å². The number of benzene rings is 1. The summed E-state index contributed by atoms with van der Waals surface area (Å²) in [7, 11) is 0. The van der Waals surface area contributed by atoms with Gasteiger partial charge in [-0.25, -0.2) is 0 Å². The van der Waals surface area contributed by atoms with Gasteiger partial charge in [-0.1, -0.05) is 25.1 Å². The van der Waals surface area contributed by atoms with Gasteiger partial charge in [0.05, 0.1) is 6.61 Å². The van der Waals surface area contributed by atoms with Crippen molar-refractivity contribution in [2.45, 2.75) is 32.6 Å². The van der Waals surface area contributed by atoms with Crippen LogP contribution in [0.3, 0.4) is 0 Å². The van der Waals surface area contributed by atoms with E-state index in [1.165, 1.54) is 5.56 Å². The monoisotopic (exact) mass is 207 g/mol. The number of para-hydroxylation sites is 1. The Balaban J connectivity index is 2.30. The van der Waals surface area contributed by atoms with E-state index in [0.717, 1.165) is 44.6 Å². The van der Waals surface area contributed by atoms with E-state index in [4.69, 9.17) is 10.5 Å². The molecule has 1 aromatic rings. The standard InChI is InChI=1S/C13H21NO/c1-2-12-8-4-5-9-13(12)15-11-7-3-6-10-14/h4-5,8-9H,2-3,6-7,10-11,14H2,1H3. The number of unbranched alkanes of at least 4 members (excludes halogenated alkanes) is 2. The Morgan fingerprint density at radius 3 is 2.67 bits per heavy atom. The van der Waals surface area contributed by atoms with Crippen LogP contribution in [0.2, 0.25) is 0 Å². The number of hydrogen-bond acceptors (Lipinski definition) is 2. The highest BCUT2D eigenvalue weighted by molar-refractivity contribution is 5.33. The molecule has 1 aromatic carbocycles. The fourth-order valence-corrected chi connectivity index (χ4v) is 1.54. The second-order valence-electron chi connectivity index (χ2n) is 3.66. The normalized spacial score (nSPS) is 10.3. The lowest BCUT2D eigenvalue weighted by molar-refractivity contribution is 0.303. The van der Waals surface area contributed by atoms with Gasteiger partial charge in [-0.2, -0.15) is 0 Å². The summed E-state index contributed by atoms with van der Waals surface area (Å²) in [5.41, 5.74) is 6.71. The van der Waals surface area contributed by atoms with Gasteiger partial charge in [0.1, 0.15) is 5.75 Å². The highest BCUT2D eigenvalue weighted by Gasteiger charge is 1.99. The summed E-state index contributed by atoms with van der Waals surface area (Å²) in [5.74, 6) is 1.03. The maximum absolute atomic E-state index is 5.73. The van der Waals surface area contributed by atoms with Crippen molar-refractivity contribution in [3.63, 3.8) is 0 Å². The maximum atomic E-state index is 5.73. The number of ether oxygens (including phenoxy) is 1. The molecule has 0 atom stereocenters. The fraction of sp³-hybridized carbons (Fsp3) is 0.538. The number of nitrogens with two attached hydrogens (primary N) is 1. The minimum atomic E-state index is 0.783. The molecule has 0 heterocycles. The Morgan fingerprint density at radius 1 is 1.13 bits per heavy atom. The third-order valence-electron chi connectivity index (χ3n) is 2.46. The van der Waals surface area contributed by atoms with Crippen LogP contribution in [0.15, 0.2) is 24.3 Å². The van der Waals surface area contributed by atoms with Crippen molar-refractivity contribution in [2.24, 2.45) is 5.73 Å². The van der Waals surface area contributed by atoms with Gasteiger partial charge in [0.2, 0.25) is 0 Å². The van der Waals surface area contributed by atoms with Crippen LogP contribution in [0.5, 0.6) is 5.75 Å². The molecule has 0 unspecified atom stereocenters. The van der Waals surface area contributed by atoms with Gasteiger partial charge in [-0.3, -0.25) is 0 Å². The minimum Gasteiger partial charge on any atom is -0.493 e. The topological polar surface area (TPSA) is 35.2 Å². The number of rotatable bonds is 7. The lowest BCUT2D eigenvalue weighted by Crippen LogP contribution is -2.02. The molecule has 0 spiro atoms. The molecule has 0 bridgehead atoms. The van der Waals surface area contributed by atoms with E-state index in [-0.39, 0.29) is 0 Å². The van der Waals surface area contributed by atoms with E-state index in [2.05, 4.69) is 19.1 Å². The molecule has 0 aliphatic rings. The molecular weight excluding hydrogens is 186 g/mol. The number of aryl methyl sites for hydroxylation is 1. The predicted octanol–water partition coefficient (Wildman–Crippen LogP) is 2.76. The van der Waals surface area contributed by atoms with Crippen molar-refractivity contribution in [3.8, 4) is 5.75 Å². The van der Waals surface area contributed by atoms with Crippen LogP contribution < -0.4 is 10.5 Å². The molecule has 0 saturated carbocycles. The molecule has 0 fully saturated rings. The summed E-state index contributed by atoms with van der Waals surface area (Å²) in [5, 5.41) is 0. The Bertz CT molecular complexity index is 273. The zero-order valence-electron chi connectivity index (χ0n) is 9.54. The van der Waals surface area contributed by atoms with Crippen LogP contribution >= 0.6 is 0 Å². The SMILES string of the molecule is CCc1ccccc1OCCCCCN. The molecule has 1 rings (SSSR count). The van der Waals surface area contributed by atoms with Crippen LogP contribution in [0.4, 0.5) is 0 Å². The Hall–Kier alpha value is -1.02. The van der Waals surface area contributed by atoms with Gasteiger partial charge in [-0.05, 0) is 43.9 Å². The molecule has 84 valence electrons. The van der Waals surface area contributed by atoms with Crippen molar-refractivity contribution >= 4 is 0 Å². The quantitative estimate of drug-likeness (QED) is 0.698. The predicted molar refractivity (Wildman–Crippen MR) is 64.2 cm³/mol. The van der Waals surface area contributed by atoms with Gasteiger partial charge in [-0.15, -0.1) is 0 Å². The van der Waals surface area contributed by atoms with Gasteiger partial charge in [0.15, 0.2) is 0 Å². The zero-order chi connectivity index (χ0) is 10.9. The van der Waals surface area contributed by atoms with Crippen molar-refractivity contribution in [2.75, 3.05) is 13.2 Å². The third kappa shape index (κ3) is 4.34. The first kappa shape index (κ1) is 12.1. The van der Waals surface area contributed by atoms with E-state index < -0.39 is 0 Å². The molecule has 2 nitrogen and oxygen atoms in total. The van der Waals surface area contributed by atoms with Gasteiger partial charge < -0.3 is 10.5 Å². The van der Waals surface area contributed by atoms with Crippen LogP contribution in [-0.2, 0) is 6.42 Å². The molecule has 2 N–H and O–H groups in total. The van der Waals surface area contributed by atoms with Gasteiger partial charge >= 0.3 is 0 Å². The van der Waals surface area contributed by atoms with E-state index in [1.807, 2.05) is 12.1 Å². The maximum Gasteiger partial charge on any atom is 0.122 e. The Morgan fingerprint density at radius 2 is 1.93 bits per heavy atom. The second-order valence-corrected chi connectivity index (χ2v) is 3.66. The Kier molecular flexibility index (Phi) is 5.86. The lowest BCUT2D eigenvalue weighted by atomic mass is 10.1. The Labute approximate surface area is 92.4 Å². The molecule has 0 amide bonds. The lowest BCUT2D eigenvalue weighted by Gasteiger charge is -2.09. The zero-order valence-corrected chi connectivity index (χ0v) is 9.54.